The summed E-state index contributed by atoms with van der Waals surface area (Å²) < 4.78 is 0. The van der Waals surface area contributed by atoms with E-state index in [0.29, 0.717) is 0 Å². The van der Waals surface area contributed by atoms with E-state index >= 15 is 0 Å². The summed E-state index contributed by atoms with van der Waals surface area (Å²) in [5.41, 5.74) is -0.249. The Morgan fingerprint density at radius 2 is 1.33 bits per heavy atom. The fraction of sp³-hybridized carbons (Fsp3) is 0.800. The van der Waals surface area contributed by atoms with Gasteiger partial charge in [-0.3, -0.25) is 0 Å². The quantitative estimate of drug-likeness (QED) is 0.214. The first-order valence-electron chi connectivity index (χ1n) is 10.0. The van der Waals surface area contributed by atoms with Crippen molar-refractivity contribution in [3.8, 4) is 0 Å². The zero-order valence-electron chi connectivity index (χ0n) is 15.5. The number of nitrogens with one attached hydrogen (secondary N) is 1. The molecule has 1 heterocycles. The van der Waals surface area contributed by atoms with E-state index in [2.05, 4.69) is 16.9 Å². The van der Waals surface area contributed by atoms with Crippen LogP contribution in [-0.2, 0) is 0 Å². The number of rotatable bonds is 16. The topological polar surface area (TPSA) is 45.8 Å². The van der Waals surface area contributed by atoms with Crippen molar-refractivity contribution >= 4 is 11.8 Å². The lowest BCUT2D eigenvalue weighted by Gasteiger charge is -2.03. The second-order valence-corrected chi connectivity index (χ2v) is 7.82. The molecule has 0 aliphatic carbocycles. The summed E-state index contributed by atoms with van der Waals surface area (Å²) >= 11 is 1.72. The Balaban J connectivity index is 1.77. The molecule has 1 N–H and O–H groups in total. The second-order valence-electron chi connectivity index (χ2n) is 6.68. The molecule has 0 aliphatic rings. The summed E-state index contributed by atoms with van der Waals surface area (Å²) in [4.78, 5) is 17.5. The molecule has 0 saturated carbocycles. The van der Waals surface area contributed by atoms with Crippen molar-refractivity contribution in [2.24, 2.45) is 0 Å². The van der Waals surface area contributed by atoms with Crippen molar-refractivity contribution in [2.75, 3.05) is 5.75 Å². The predicted octanol–water partition coefficient (Wildman–Crippen LogP) is 6.34. The molecular weight excluding hydrogens is 316 g/mol. The maximum atomic E-state index is 11.1. The third-order valence-electron chi connectivity index (χ3n) is 4.40. The van der Waals surface area contributed by atoms with E-state index in [0.717, 1.165) is 10.8 Å². The van der Waals surface area contributed by atoms with Crippen molar-refractivity contribution in [1.82, 2.24) is 9.97 Å². The Kier molecular flexibility index (Phi) is 14.0. The van der Waals surface area contributed by atoms with E-state index in [9.17, 15) is 4.79 Å². The van der Waals surface area contributed by atoms with Gasteiger partial charge in [0.05, 0.1) is 5.03 Å². The van der Waals surface area contributed by atoms with Crippen molar-refractivity contribution < 1.29 is 0 Å². The predicted molar refractivity (Wildman–Crippen MR) is 106 cm³/mol. The van der Waals surface area contributed by atoms with Gasteiger partial charge in [-0.1, -0.05) is 90.4 Å². The summed E-state index contributed by atoms with van der Waals surface area (Å²) in [6, 6.07) is 1.87. The number of unbranched alkanes of at least 4 members (excludes halogenated alkanes) is 13. The fourth-order valence-corrected chi connectivity index (χ4v) is 3.80. The third kappa shape index (κ3) is 12.6. The van der Waals surface area contributed by atoms with Crippen molar-refractivity contribution in [2.45, 2.75) is 102 Å². The van der Waals surface area contributed by atoms with E-state index < -0.39 is 0 Å². The maximum Gasteiger partial charge on any atom is 0.345 e. The van der Waals surface area contributed by atoms with Gasteiger partial charge >= 0.3 is 5.69 Å². The van der Waals surface area contributed by atoms with Crippen LogP contribution in [0.25, 0.3) is 0 Å². The molecule has 0 bridgehead atoms. The van der Waals surface area contributed by atoms with Gasteiger partial charge in [-0.15, -0.1) is 11.8 Å². The number of aromatic amines is 1. The van der Waals surface area contributed by atoms with Crippen LogP contribution in [0.4, 0.5) is 0 Å². The van der Waals surface area contributed by atoms with E-state index in [-0.39, 0.29) is 5.69 Å². The molecule has 0 unspecified atom stereocenters. The largest absolute Gasteiger partial charge is 0.345 e. The average molecular weight is 353 g/mol. The first-order chi connectivity index (χ1) is 11.8. The summed E-state index contributed by atoms with van der Waals surface area (Å²) in [7, 11) is 0. The number of nitrogens with zero attached hydrogens (tertiary/aromatic N) is 1. The summed E-state index contributed by atoms with van der Waals surface area (Å²) in [5.74, 6) is 1.08. The first kappa shape index (κ1) is 21.3. The van der Waals surface area contributed by atoms with Gasteiger partial charge in [0, 0.05) is 6.20 Å². The molecule has 0 radical (unpaired) electrons. The van der Waals surface area contributed by atoms with Crippen LogP contribution in [0.3, 0.4) is 0 Å². The van der Waals surface area contributed by atoms with E-state index in [4.69, 9.17) is 0 Å². The molecule has 138 valence electrons. The first-order valence-corrected chi connectivity index (χ1v) is 11.0. The van der Waals surface area contributed by atoms with Crippen LogP contribution in [0.2, 0.25) is 0 Å². The fourth-order valence-electron chi connectivity index (χ4n) is 2.91. The van der Waals surface area contributed by atoms with Crippen LogP contribution in [-0.4, -0.2) is 15.7 Å². The average Bonchev–Trinajstić information content (AvgIpc) is 2.58. The van der Waals surface area contributed by atoms with E-state index in [1.54, 1.807) is 18.0 Å². The van der Waals surface area contributed by atoms with Crippen LogP contribution in [0.1, 0.15) is 96.8 Å². The minimum atomic E-state index is -0.249. The lowest BCUT2D eigenvalue weighted by Crippen LogP contribution is -2.08. The van der Waals surface area contributed by atoms with Crippen LogP contribution in [0.5, 0.6) is 0 Å². The molecule has 0 spiro atoms. The summed E-state index contributed by atoms with van der Waals surface area (Å²) in [5, 5.41) is 0.935. The highest BCUT2D eigenvalue weighted by Crippen LogP contribution is 2.17. The van der Waals surface area contributed by atoms with Gasteiger partial charge in [0.1, 0.15) is 0 Å². The van der Waals surface area contributed by atoms with Crippen molar-refractivity contribution in [3.63, 3.8) is 0 Å². The highest BCUT2D eigenvalue weighted by Gasteiger charge is 1.97. The zero-order valence-corrected chi connectivity index (χ0v) is 16.3. The molecule has 1 rings (SSSR count). The lowest BCUT2D eigenvalue weighted by molar-refractivity contribution is 0.538. The second kappa shape index (κ2) is 15.7. The number of thioether (sulfide) groups is 1. The number of hydrogen-bond donors (Lipinski definition) is 1. The molecule has 3 nitrogen and oxygen atoms in total. The van der Waals surface area contributed by atoms with Crippen LogP contribution in [0, 0.1) is 0 Å². The molecule has 0 aliphatic heterocycles. The Morgan fingerprint density at radius 3 is 1.83 bits per heavy atom. The molecule has 1 aromatic rings. The molecule has 4 heteroatoms. The number of hydrogen-bond acceptors (Lipinski definition) is 3. The molecule has 0 fully saturated rings. The summed E-state index contributed by atoms with van der Waals surface area (Å²) in [6.07, 6.45) is 21.1. The Labute approximate surface area is 152 Å². The standard InChI is InChI=1S/C20H36N2OS/c1-2-3-4-5-6-7-8-9-10-11-12-13-14-15-18-24-19-16-17-21-20(23)22-19/h16-17H,2-15,18H2,1H3,(H,21,22,23). The molecular formula is C20H36N2OS. The van der Waals surface area contributed by atoms with Crippen LogP contribution in [0.15, 0.2) is 22.1 Å². The van der Waals surface area contributed by atoms with Gasteiger partial charge in [0.25, 0.3) is 0 Å². The Morgan fingerprint density at radius 1 is 0.833 bits per heavy atom. The minimum Gasteiger partial charge on any atom is -0.300 e. The molecule has 1 aromatic heterocycles. The van der Waals surface area contributed by atoms with Crippen LogP contribution < -0.4 is 5.69 Å². The van der Waals surface area contributed by atoms with Crippen molar-refractivity contribution in [1.29, 1.82) is 0 Å². The highest BCUT2D eigenvalue weighted by molar-refractivity contribution is 7.99. The monoisotopic (exact) mass is 352 g/mol. The van der Waals surface area contributed by atoms with Gasteiger partial charge in [-0.2, -0.15) is 0 Å². The van der Waals surface area contributed by atoms with Gasteiger partial charge < -0.3 is 4.98 Å². The SMILES string of the molecule is CCCCCCCCCCCCCCCCSc1ccnc(=O)[nH]1. The van der Waals surface area contributed by atoms with E-state index in [1.165, 1.54) is 89.9 Å². The smallest absolute Gasteiger partial charge is 0.300 e. The van der Waals surface area contributed by atoms with Crippen molar-refractivity contribution in [3.05, 3.63) is 22.7 Å². The van der Waals surface area contributed by atoms with Gasteiger partial charge in [-0.25, -0.2) is 9.78 Å². The number of H-pyrrole nitrogens is 1. The maximum absolute atomic E-state index is 11.1. The molecule has 0 saturated heterocycles. The third-order valence-corrected chi connectivity index (χ3v) is 5.45. The van der Waals surface area contributed by atoms with Gasteiger partial charge in [0.2, 0.25) is 0 Å². The van der Waals surface area contributed by atoms with Gasteiger partial charge in [0.15, 0.2) is 0 Å². The van der Waals surface area contributed by atoms with Gasteiger partial charge in [-0.05, 0) is 18.2 Å². The van der Waals surface area contributed by atoms with E-state index in [1.807, 2.05) is 6.07 Å². The number of aromatic nitrogens is 2. The summed E-state index contributed by atoms with van der Waals surface area (Å²) in [6.45, 7) is 2.28. The Hall–Kier alpha value is -0.770. The zero-order chi connectivity index (χ0) is 17.3. The highest BCUT2D eigenvalue weighted by atomic mass is 32.2. The molecule has 0 atom stereocenters. The normalized spacial score (nSPS) is 11.0. The lowest BCUT2D eigenvalue weighted by atomic mass is 10.0. The molecule has 24 heavy (non-hydrogen) atoms. The minimum absolute atomic E-state index is 0.249. The molecule has 0 aromatic carbocycles. The Bertz CT molecular complexity index is 447. The molecule has 0 amide bonds. The van der Waals surface area contributed by atoms with Crippen LogP contribution >= 0.6 is 11.8 Å².